The monoisotopic (exact) mass is 316 g/mol. The van der Waals surface area contributed by atoms with Crippen molar-refractivity contribution in [2.75, 3.05) is 0 Å². The summed E-state index contributed by atoms with van der Waals surface area (Å²) in [6.07, 6.45) is 3.63. The smallest absolute Gasteiger partial charge is 0.207 e. The Labute approximate surface area is 116 Å². The first-order chi connectivity index (χ1) is 8.57. The van der Waals surface area contributed by atoms with Crippen molar-refractivity contribution in [3.63, 3.8) is 0 Å². The molecule has 1 aliphatic carbocycles. The van der Waals surface area contributed by atoms with Gasteiger partial charge in [-0.25, -0.2) is 8.78 Å². The molecule has 0 bridgehead atoms. The summed E-state index contributed by atoms with van der Waals surface area (Å²) in [5.74, 6) is -2.23. The van der Waals surface area contributed by atoms with Gasteiger partial charge in [-0.1, -0.05) is 52.7 Å². The van der Waals surface area contributed by atoms with Gasteiger partial charge in [0, 0.05) is 17.7 Å². The Morgan fingerprint density at radius 3 is 2.67 bits per heavy atom. The molecule has 3 heteroatoms. The molecule has 0 saturated heterocycles. The fourth-order valence-electron chi connectivity index (χ4n) is 2.73. The minimum absolute atomic E-state index is 0.0833. The van der Waals surface area contributed by atoms with Gasteiger partial charge in [-0.3, -0.25) is 0 Å². The SMILES string of the molecule is FC1(F)CCCC(CCC(Br)c2ccccc2)C1. The van der Waals surface area contributed by atoms with Gasteiger partial charge in [0.25, 0.3) is 0 Å². The lowest BCUT2D eigenvalue weighted by Gasteiger charge is -2.29. The van der Waals surface area contributed by atoms with Gasteiger partial charge in [0.1, 0.15) is 0 Å². The van der Waals surface area contributed by atoms with Crippen LogP contribution in [0, 0.1) is 5.92 Å². The molecule has 2 rings (SSSR count). The summed E-state index contributed by atoms with van der Waals surface area (Å²) < 4.78 is 26.6. The van der Waals surface area contributed by atoms with Crippen molar-refractivity contribution >= 4 is 15.9 Å². The number of benzene rings is 1. The predicted octanol–water partition coefficient (Wildman–Crippen LogP) is 5.73. The van der Waals surface area contributed by atoms with Crippen LogP contribution in [0.4, 0.5) is 8.78 Å². The highest BCUT2D eigenvalue weighted by Gasteiger charge is 2.35. The van der Waals surface area contributed by atoms with Crippen LogP contribution >= 0.6 is 15.9 Å². The summed E-state index contributed by atoms with van der Waals surface area (Å²) in [6, 6.07) is 10.2. The normalized spacial score (nSPS) is 24.7. The van der Waals surface area contributed by atoms with Crippen LogP contribution in [0.5, 0.6) is 0 Å². The van der Waals surface area contributed by atoms with E-state index in [1.807, 2.05) is 18.2 Å². The lowest BCUT2D eigenvalue weighted by molar-refractivity contribution is -0.0537. The van der Waals surface area contributed by atoms with Crippen molar-refractivity contribution in [3.8, 4) is 0 Å². The van der Waals surface area contributed by atoms with E-state index in [0.717, 1.165) is 19.3 Å². The quantitative estimate of drug-likeness (QED) is 0.622. The Morgan fingerprint density at radius 1 is 1.28 bits per heavy atom. The zero-order valence-corrected chi connectivity index (χ0v) is 12.0. The molecule has 0 heterocycles. The first-order valence-corrected chi connectivity index (χ1v) is 7.55. The molecule has 0 amide bonds. The van der Waals surface area contributed by atoms with Crippen LogP contribution in [-0.4, -0.2) is 5.92 Å². The number of hydrogen-bond donors (Lipinski definition) is 0. The van der Waals surface area contributed by atoms with Crippen LogP contribution in [0.2, 0.25) is 0 Å². The first kappa shape index (κ1) is 14.0. The minimum Gasteiger partial charge on any atom is -0.207 e. The lowest BCUT2D eigenvalue weighted by Crippen LogP contribution is -2.26. The van der Waals surface area contributed by atoms with Crippen LogP contribution < -0.4 is 0 Å². The van der Waals surface area contributed by atoms with Gasteiger partial charge in [-0.05, 0) is 30.7 Å². The molecule has 2 atom stereocenters. The third-order valence-electron chi connectivity index (χ3n) is 3.73. The third kappa shape index (κ3) is 4.04. The number of rotatable bonds is 4. The molecule has 18 heavy (non-hydrogen) atoms. The highest BCUT2D eigenvalue weighted by Crippen LogP contribution is 2.40. The molecule has 1 saturated carbocycles. The van der Waals surface area contributed by atoms with E-state index in [1.165, 1.54) is 5.56 Å². The minimum atomic E-state index is -2.42. The molecule has 2 unspecified atom stereocenters. The summed E-state index contributed by atoms with van der Waals surface area (Å²) in [7, 11) is 0. The lowest BCUT2D eigenvalue weighted by atomic mass is 9.83. The van der Waals surface area contributed by atoms with Crippen molar-refractivity contribution in [2.24, 2.45) is 5.92 Å². The third-order valence-corrected chi connectivity index (χ3v) is 4.72. The molecular weight excluding hydrogens is 298 g/mol. The van der Waals surface area contributed by atoms with Crippen molar-refractivity contribution in [2.45, 2.75) is 49.3 Å². The summed E-state index contributed by atoms with van der Waals surface area (Å²) in [4.78, 5) is 0.286. The Balaban J connectivity index is 1.81. The molecule has 0 nitrogen and oxygen atoms in total. The molecule has 1 aromatic rings. The molecule has 0 aromatic heterocycles. The second-order valence-corrected chi connectivity index (χ2v) is 6.38. The molecule has 1 aromatic carbocycles. The van der Waals surface area contributed by atoms with Crippen molar-refractivity contribution in [3.05, 3.63) is 35.9 Å². The topological polar surface area (TPSA) is 0 Å². The Bertz CT molecular complexity index is 364. The Hall–Kier alpha value is -0.440. The van der Waals surface area contributed by atoms with Gasteiger partial charge in [0.2, 0.25) is 5.92 Å². The van der Waals surface area contributed by atoms with Crippen LogP contribution in [0.15, 0.2) is 30.3 Å². The van der Waals surface area contributed by atoms with Gasteiger partial charge in [0.05, 0.1) is 0 Å². The molecule has 0 N–H and O–H groups in total. The van der Waals surface area contributed by atoms with Crippen molar-refractivity contribution < 1.29 is 8.78 Å². The average Bonchev–Trinajstić information content (AvgIpc) is 2.36. The van der Waals surface area contributed by atoms with Crippen LogP contribution in [-0.2, 0) is 0 Å². The number of halogens is 3. The van der Waals surface area contributed by atoms with Gasteiger partial charge < -0.3 is 0 Å². The van der Waals surface area contributed by atoms with Gasteiger partial charge >= 0.3 is 0 Å². The fourth-order valence-corrected chi connectivity index (χ4v) is 3.30. The average molecular weight is 317 g/mol. The van der Waals surface area contributed by atoms with E-state index in [9.17, 15) is 8.78 Å². The molecule has 1 fully saturated rings. The summed E-state index contributed by atoms with van der Waals surface area (Å²) in [6.45, 7) is 0. The van der Waals surface area contributed by atoms with Crippen molar-refractivity contribution in [1.82, 2.24) is 0 Å². The molecule has 0 spiro atoms. The Morgan fingerprint density at radius 2 is 2.00 bits per heavy atom. The van der Waals surface area contributed by atoms with Crippen LogP contribution in [0.1, 0.15) is 48.9 Å². The van der Waals surface area contributed by atoms with Gasteiger partial charge in [0.15, 0.2) is 0 Å². The summed E-state index contributed by atoms with van der Waals surface area (Å²) in [5, 5.41) is 0. The summed E-state index contributed by atoms with van der Waals surface area (Å²) >= 11 is 3.65. The van der Waals surface area contributed by atoms with Gasteiger partial charge in [-0.2, -0.15) is 0 Å². The summed E-state index contributed by atoms with van der Waals surface area (Å²) in [5.41, 5.74) is 1.24. The number of alkyl halides is 3. The van der Waals surface area contributed by atoms with E-state index in [0.29, 0.717) is 6.42 Å². The van der Waals surface area contributed by atoms with Gasteiger partial charge in [-0.15, -0.1) is 0 Å². The van der Waals surface area contributed by atoms with Crippen LogP contribution in [0.25, 0.3) is 0 Å². The fraction of sp³-hybridized carbons (Fsp3) is 0.600. The largest absolute Gasteiger partial charge is 0.248 e. The predicted molar refractivity (Wildman–Crippen MR) is 74.2 cm³/mol. The van der Waals surface area contributed by atoms with E-state index in [2.05, 4.69) is 28.1 Å². The molecule has 100 valence electrons. The van der Waals surface area contributed by atoms with E-state index in [1.54, 1.807) is 0 Å². The second kappa shape index (κ2) is 6.14. The second-order valence-electron chi connectivity index (χ2n) is 5.27. The van der Waals surface area contributed by atoms with Crippen LogP contribution in [0.3, 0.4) is 0 Å². The van der Waals surface area contributed by atoms with E-state index >= 15 is 0 Å². The molecule has 1 aliphatic rings. The molecule has 0 radical (unpaired) electrons. The zero-order chi connectivity index (χ0) is 13.0. The van der Waals surface area contributed by atoms with E-state index in [-0.39, 0.29) is 23.6 Å². The number of hydrogen-bond acceptors (Lipinski definition) is 0. The zero-order valence-electron chi connectivity index (χ0n) is 10.4. The maximum Gasteiger partial charge on any atom is 0.248 e. The van der Waals surface area contributed by atoms with Crippen molar-refractivity contribution in [1.29, 1.82) is 0 Å². The highest BCUT2D eigenvalue weighted by molar-refractivity contribution is 9.09. The Kier molecular flexibility index (Phi) is 4.77. The standard InChI is InChI=1S/C15H19BrF2/c16-14(13-6-2-1-3-7-13)9-8-12-5-4-10-15(17,18)11-12/h1-3,6-7,12,14H,4-5,8-11H2. The maximum atomic E-state index is 13.3. The maximum absolute atomic E-state index is 13.3. The first-order valence-electron chi connectivity index (χ1n) is 6.64. The van der Waals surface area contributed by atoms with E-state index in [4.69, 9.17) is 0 Å². The molecule has 0 aliphatic heterocycles. The van der Waals surface area contributed by atoms with E-state index < -0.39 is 5.92 Å². The molecular formula is C15H19BrF2. The highest BCUT2D eigenvalue weighted by atomic mass is 79.9.